The number of nitrogens with one attached hydrogen (secondary N) is 1. The Morgan fingerprint density at radius 2 is 1.89 bits per heavy atom. The van der Waals surface area contributed by atoms with Gasteiger partial charge in [0.1, 0.15) is 0 Å². The first-order valence-electron chi connectivity index (χ1n) is 8.69. The summed E-state index contributed by atoms with van der Waals surface area (Å²) in [6, 6.07) is 9.10. The smallest absolute Gasteiger partial charge is 0.221 e. The highest BCUT2D eigenvalue weighted by Crippen LogP contribution is 2.16. The van der Waals surface area contributed by atoms with Gasteiger partial charge in [-0.1, -0.05) is 23.4 Å². The third-order valence-electron chi connectivity index (χ3n) is 4.21. The van der Waals surface area contributed by atoms with E-state index in [0.29, 0.717) is 23.5 Å². The first-order chi connectivity index (χ1) is 12.8. The Bertz CT molecular complexity index is 877. The van der Waals surface area contributed by atoms with Gasteiger partial charge in [-0.3, -0.25) is 9.59 Å². The highest BCUT2D eigenvalue weighted by Gasteiger charge is 2.15. The average molecular weight is 367 g/mol. The predicted molar refractivity (Wildman–Crippen MR) is 107 cm³/mol. The molecular weight excluding hydrogens is 342 g/mol. The van der Waals surface area contributed by atoms with Crippen molar-refractivity contribution < 1.29 is 14.4 Å². The number of hydrogen-bond donors (Lipinski definition) is 1. The molecule has 2 aromatic rings. The van der Waals surface area contributed by atoms with Crippen LogP contribution in [0.1, 0.15) is 41.2 Å². The summed E-state index contributed by atoms with van der Waals surface area (Å²) >= 11 is 0. The molecule has 2 rings (SSSR count). The summed E-state index contributed by atoms with van der Waals surface area (Å²) in [5.41, 5.74) is 4.76. The number of hydrogen-bond acceptors (Lipinski definition) is 4. The first kappa shape index (κ1) is 20.2. The van der Waals surface area contributed by atoms with Crippen molar-refractivity contribution in [2.24, 2.45) is 5.16 Å². The quantitative estimate of drug-likeness (QED) is 0.333. The number of carbonyl (C=O) groups excluding carboxylic acids is 2. The van der Waals surface area contributed by atoms with Crippen molar-refractivity contribution in [3.8, 4) is 0 Å². The van der Waals surface area contributed by atoms with Crippen molar-refractivity contribution in [3.05, 3.63) is 65.5 Å². The SMILES string of the molecule is C=CCn1c(C)cc(C(=O)CON=C(C)c2ccc(NC(C)=O)cc2)c1C. The van der Waals surface area contributed by atoms with Crippen LogP contribution in [-0.4, -0.2) is 28.6 Å². The van der Waals surface area contributed by atoms with Crippen molar-refractivity contribution >= 4 is 23.1 Å². The van der Waals surface area contributed by atoms with E-state index in [2.05, 4.69) is 17.1 Å². The average Bonchev–Trinajstić information content (AvgIpc) is 2.90. The lowest BCUT2D eigenvalue weighted by Crippen LogP contribution is -2.10. The predicted octanol–water partition coefficient (Wildman–Crippen LogP) is 3.87. The summed E-state index contributed by atoms with van der Waals surface area (Å²) in [6.45, 7) is 11.4. The van der Waals surface area contributed by atoms with Crippen LogP contribution in [0.25, 0.3) is 0 Å². The highest BCUT2D eigenvalue weighted by molar-refractivity contribution is 6.00. The minimum Gasteiger partial charge on any atom is -0.387 e. The Hall–Kier alpha value is -3.15. The third kappa shape index (κ3) is 5.17. The van der Waals surface area contributed by atoms with E-state index < -0.39 is 0 Å². The number of nitrogens with zero attached hydrogens (tertiary/aromatic N) is 2. The van der Waals surface area contributed by atoms with Crippen LogP contribution in [0.5, 0.6) is 0 Å². The zero-order chi connectivity index (χ0) is 20.0. The van der Waals surface area contributed by atoms with Gasteiger partial charge in [0.15, 0.2) is 6.61 Å². The molecule has 0 aliphatic heterocycles. The standard InChI is InChI=1S/C21H25N3O3/c1-6-11-24-14(2)12-20(16(24)4)21(26)13-27-23-15(3)18-7-9-19(10-8-18)22-17(5)25/h6-10,12H,1,11,13H2,2-5H3,(H,22,25). The molecule has 6 nitrogen and oxygen atoms in total. The zero-order valence-corrected chi connectivity index (χ0v) is 16.2. The van der Waals surface area contributed by atoms with Crippen LogP contribution in [-0.2, 0) is 16.2 Å². The molecule has 0 fully saturated rings. The molecule has 0 bridgehead atoms. The molecule has 27 heavy (non-hydrogen) atoms. The van der Waals surface area contributed by atoms with Gasteiger partial charge in [0.25, 0.3) is 0 Å². The molecule has 0 unspecified atom stereocenters. The fourth-order valence-corrected chi connectivity index (χ4v) is 2.81. The van der Waals surface area contributed by atoms with Crippen molar-refractivity contribution in [2.45, 2.75) is 34.2 Å². The molecule has 142 valence electrons. The molecule has 0 saturated carbocycles. The molecule has 6 heteroatoms. The van der Waals surface area contributed by atoms with Crippen LogP contribution in [0.2, 0.25) is 0 Å². The number of carbonyl (C=O) groups is 2. The topological polar surface area (TPSA) is 72.7 Å². The number of anilines is 1. The highest BCUT2D eigenvalue weighted by atomic mass is 16.6. The van der Waals surface area contributed by atoms with E-state index in [1.54, 1.807) is 25.1 Å². The number of ketones is 1. The van der Waals surface area contributed by atoms with Gasteiger partial charge >= 0.3 is 0 Å². The van der Waals surface area contributed by atoms with Gasteiger partial charge in [0.05, 0.1) is 5.71 Å². The van der Waals surface area contributed by atoms with Crippen LogP contribution >= 0.6 is 0 Å². The second-order valence-corrected chi connectivity index (χ2v) is 6.32. The second kappa shape index (κ2) is 8.98. The number of aryl methyl sites for hydroxylation is 1. The normalized spacial score (nSPS) is 11.2. The summed E-state index contributed by atoms with van der Waals surface area (Å²) in [7, 11) is 0. The summed E-state index contributed by atoms with van der Waals surface area (Å²) in [6.07, 6.45) is 1.80. The van der Waals surface area contributed by atoms with E-state index in [9.17, 15) is 9.59 Å². The largest absolute Gasteiger partial charge is 0.387 e. The molecule has 1 N–H and O–H groups in total. The molecule has 1 heterocycles. The van der Waals surface area contributed by atoms with Crippen molar-refractivity contribution in [1.82, 2.24) is 4.57 Å². The van der Waals surface area contributed by atoms with Crippen molar-refractivity contribution in [1.29, 1.82) is 0 Å². The Labute approximate surface area is 159 Å². The number of allylic oxidation sites excluding steroid dienone is 1. The molecule has 0 spiro atoms. The minimum atomic E-state index is -0.125. The number of oxime groups is 1. The third-order valence-corrected chi connectivity index (χ3v) is 4.21. The zero-order valence-electron chi connectivity index (χ0n) is 16.2. The van der Waals surface area contributed by atoms with Crippen LogP contribution in [0.3, 0.4) is 0 Å². The van der Waals surface area contributed by atoms with Gasteiger partial charge in [-0.2, -0.15) is 0 Å². The van der Waals surface area contributed by atoms with Gasteiger partial charge in [-0.15, -0.1) is 6.58 Å². The molecule has 0 saturated heterocycles. The minimum absolute atomic E-state index is 0.115. The number of rotatable bonds is 8. The van der Waals surface area contributed by atoms with Crippen LogP contribution < -0.4 is 5.32 Å². The summed E-state index contributed by atoms with van der Waals surface area (Å²) in [5.74, 6) is -0.238. The van der Waals surface area contributed by atoms with Crippen LogP contribution in [0.15, 0.2) is 48.1 Å². The van der Waals surface area contributed by atoms with Gasteiger partial charge in [0.2, 0.25) is 11.7 Å². The molecule has 0 aliphatic carbocycles. The lowest BCUT2D eigenvalue weighted by Gasteiger charge is -2.06. The maximum atomic E-state index is 12.4. The van der Waals surface area contributed by atoms with Crippen molar-refractivity contribution in [2.75, 3.05) is 11.9 Å². The number of Topliss-reactive ketones (excluding diaryl/α,β-unsaturated/α-hetero) is 1. The fraction of sp³-hybridized carbons (Fsp3) is 0.286. The Morgan fingerprint density at radius 1 is 1.22 bits per heavy atom. The second-order valence-electron chi connectivity index (χ2n) is 6.32. The maximum absolute atomic E-state index is 12.4. The Morgan fingerprint density at radius 3 is 2.48 bits per heavy atom. The van der Waals surface area contributed by atoms with Gasteiger partial charge in [-0.25, -0.2) is 0 Å². The van der Waals surface area contributed by atoms with E-state index in [0.717, 1.165) is 17.0 Å². The summed E-state index contributed by atoms with van der Waals surface area (Å²) < 4.78 is 2.03. The summed E-state index contributed by atoms with van der Waals surface area (Å²) in [4.78, 5) is 28.7. The lowest BCUT2D eigenvalue weighted by molar-refractivity contribution is -0.114. The summed E-state index contributed by atoms with van der Waals surface area (Å²) in [5, 5.41) is 6.74. The molecular formula is C21H25N3O3. The fourth-order valence-electron chi connectivity index (χ4n) is 2.81. The first-order valence-corrected chi connectivity index (χ1v) is 8.69. The maximum Gasteiger partial charge on any atom is 0.221 e. The van der Waals surface area contributed by atoms with Crippen LogP contribution in [0.4, 0.5) is 5.69 Å². The van der Waals surface area contributed by atoms with E-state index in [1.807, 2.05) is 36.6 Å². The monoisotopic (exact) mass is 367 g/mol. The van der Waals surface area contributed by atoms with Crippen molar-refractivity contribution in [3.63, 3.8) is 0 Å². The number of amides is 1. The van der Waals surface area contributed by atoms with E-state index in [4.69, 9.17) is 4.84 Å². The molecule has 0 atom stereocenters. The van der Waals surface area contributed by atoms with Gasteiger partial charge < -0.3 is 14.7 Å². The molecule has 1 aromatic heterocycles. The Kier molecular flexibility index (Phi) is 6.71. The lowest BCUT2D eigenvalue weighted by atomic mass is 10.1. The van der Waals surface area contributed by atoms with E-state index in [-0.39, 0.29) is 18.3 Å². The molecule has 1 amide bonds. The van der Waals surface area contributed by atoms with E-state index in [1.165, 1.54) is 6.92 Å². The van der Waals surface area contributed by atoms with E-state index >= 15 is 0 Å². The molecule has 0 aliphatic rings. The Balaban J connectivity index is 2.00. The number of aromatic nitrogens is 1. The van der Waals surface area contributed by atoms with Crippen LogP contribution in [0, 0.1) is 13.8 Å². The molecule has 1 aromatic carbocycles. The molecule has 0 radical (unpaired) electrons. The number of benzene rings is 1. The van der Waals surface area contributed by atoms with Gasteiger partial charge in [-0.05, 0) is 44.5 Å². The van der Waals surface area contributed by atoms with Gasteiger partial charge in [0, 0.05) is 36.1 Å².